The summed E-state index contributed by atoms with van der Waals surface area (Å²) in [5.41, 5.74) is 3.44. The van der Waals surface area contributed by atoms with E-state index in [0.717, 1.165) is 23.4 Å². The van der Waals surface area contributed by atoms with Crippen molar-refractivity contribution >= 4 is 5.97 Å². The van der Waals surface area contributed by atoms with Crippen LogP contribution in [0.1, 0.15) is 28.7 Å². The lowest BCUT2D eigenvalue weighted by Crippen LogP contribution is -2.03. The Labute approximate surface area is 105 Å². The second kappa shape index (κ2) is 4.96. The first-order valence-electron chi connectivity index (χ1n) is 5.77. The molecule has 0 radical (unpaired) electrons. The maximum atomic E-state index is 11.2. The van der Waals surface area contributed by atoms with E-state index in [1.165, 1.54) is 6.20 Å². The molecule has 0 bridgehead atoms. The molecule has 0 spiro atoms. The van der Waals surface area contributed by atoms with E-state index in [1.54, 1.807) is 12.3 Å². The summed E-state index contributed by atoms with van der Waals surface area (Å²) in [6.07, 6.45) is 3.88. The first-order chi connectivity index (χ1) is 8.63. The quantitative estimate of drug-likeness (QED) is 0.898. The van der Waals surface area contributed by atoms with Crippen LogP contribution in [0.25, 0.3) is 11.1 Å². The number of hydrogen-bond acceptors (Lipinski definition) is 3. The Morgan fingerprint density at radius 3 is 2.78 bits per heavy atom. The zero-order valence-electron chi connectivity index (χ0n) is 10.3. The number of carbonyl (C=O) groups is 1. The molecule has 0 aliphatic rings. The summed E-state index contributed by atoms with van der Waals surface area (Å²) in [6, 6.07) is 5.50. The molecule has 0 aliphatic heterocycles. The average molecular weight is 242 g/mol. The van der Waals surface area contributed by atoms with Gasteiger partial charge in [0.05, 0.1) is 5.56 Å². The largest absolute Gasteiger partial charge is 0.478 e. The predicted octanol–water partition coefficient (Wildman–Crippen LogP) is 2.71. The Balaban J connectivity index is 2.69. The second-order valence-electron chi connectivity index (χ2n) is 4.03. The van der Waals surface area contributed by atoms with Crippen LogP contribution in [0.2, 0.25) is 0 Å². The maximum absolute atomic E-state index is 11.2. The average Bonchev–Trinajstić information content (AvgIpc) is 2.38. The third-order valence-corrected chi connectivity index (χ3v) is 2.79. The highest BCUT2D eigenvalue weighted by molar-refractivity contribution is 5.96. The molecule has 2 aromatic heterocycles. The lowest BCUT2D eigenvalue weighted by molar-refractivity contribution is 0.0697. The number of pyridine rings is 2. The van der Waals surface area contributed by atoms with Crippen LogP contribution in [0.4, 0.5) is 0 Å². The van der Waals surface area contributed by atoms with Crippen LogP contribution in [0.15, 0.2) is 30.6 Å². The number of nitrogens with zero attached hydrogens (tertiary/aromatic N) is 2. The van der Waals surface area contributed by atoms with E-state index >= 15 is 0 Å². The molecule has 0 saturated heterocycles. The fourth-order valence-electron chi connectivity index (χ4n) is 1.92. The van der Waals surface area contributed by atoms with Gasteiger partial charge in [-0.2, -0.15) is 0 Å². The molecule has 0 aromatic carbocycles. The lowest BCUT2D eigenvalue weighted by Gasteiger charge is -2.10. The van der Waals surface area contributed by atoms with Gasteiger partial charge in [0.25, 0.3) is 0 Å². The lowest BCUT2D eigenvalue weighted by atomic mass is 9.98. The zero-order chi connectivity index (χ0) is 13.1. The third-order valence-electron chi connectivity index (χ3n) is 2.79. The minimum Gasteiger partial charge on any atom is -0.478 e. The number of carboxylic acid groups (broad SMARTS) is 1. The first kappa shape index (κ1) is 12.2. The smallest absolute Gasteiger partial charge is 0.337 e. The van der Waals surface area contributed by atoms with Crippen molar-refractivity contribution in [3.63, 3.8) is 0 Å². The third kappa shape index (κ3) is 2.22. The SMILES string of the molecule is CCc1ncccc1-c1cc(C)ncc1C(=O)O. The predicted molar refractivity (Wildman–Crippen MR) is 68.5 cm³/mol. The summed E-state index contributed by atoms with van der Waals surface area (Å²) in [5.74, 6) is -0.969. The fraction of sp³-hybridized carbons (Fsp3) is 0.214. The Hall–Kier alpha value is -2.23. The van der Waals surface area contributed by atoms with Crippen LogP contribution in [0.3, 0.4) is 0 Å². The van der Waals surface area contributed by atoms with Crippen molar-refractivity contribution < 1.29 is 9.90 Å². The van der Waals surface area contributed by atoms with E-state index in [-0.39, 0.29) is 5.56 Å². The molecule has 0 unspecified atom stereocenters. The summed E-state index contributed by atoms with van der Waals surface area (Å²) in [4.78, 5) is 19.6. The van der Waals surface area contributed by atoms with Crippen molar-refractivity contribution in [2.45, 2.75) is 20.3 Å². The van der Waals surface area contributed by atoms with Crippen molar-refractivity contribution in [3.8, 4) is 11.1 Å². The molecule has 2 rings (SSSR count). The number of aromatic nitrogens is 2. The van der Waals surface area contributed by atoms with Gasteiger partial charge in [-0.3, -0.25) is 9.97 Å². The van der Waals surface area contributed by atoms with Gasteiger partial charge in [0.1, 0.15) is 0 Å². The molecule has 4 nitrogen and oxygen atoms in total. The van der Waals surface area contributed by atoms with Crippen molar-refractivity contribution in [3.05, 3.63) is 47.5 Å². The highest BCUT2D eigenvalue weighted by Gasteiger charge is 2.15. The van der Waals surface area contributed by atoms with Gasteiger partial charge in [-0.1, -0.05) is 13.0 Å². The molecule has 2 aromatic rings. The van der Waals surface area contributed by atoms with Crippen molar-refractivity contribution in [2.24, 2.45) is 0 Å². The summed E-state index contributed by atoms with van der Waals surface area (Å²) in [5, 5.41) is 9.22. The standard InChI is InChI=1S/C14H14N2O2/c1-3-13-10(5-4-6-15-13)11-7-9(2)16-8-12(11)14(17)18/h4-8H,3H2,1-2H3,(H,17,18). The topological polar surface area (TPSA) is 63.1 Å². The number of hydrogen-bond donors (Lipinski definition) is 1. The Kier molecular flexibility index (Phi) is 3.37. The van der Waals surface area contributed by atoms with Gasteiger partial charge in [0.15, 0.2) is 0 Å². The van der Waals surface area contributed by atoms with Crippen LogP contribution >= 0.6 is 0 Å². The molecule has 4 heteroatoms. The number of carboxylic acids is 1. The number of aromatic carboxylic acids is 1. The summed E-state index contributed by atoms with van der Waals surface area (Å²) >= 11 is 0. The van der Waals surface area contributed by atoms with Crippen molar-refractivity contribution in [2.75, 3.05) is 0 Å². The Morgan fingerprint density at radius 2 is 2.11 bits per heavy atom. The van der Waals surface area contributed by atoms with Crippen LogP contribution in [-0.2, 0) is 6.42 Å². The van der Waals surface area contributed by atoms with E-state index in [0.29, 0.717) is 5.56 Å². The molecule has 92 valence electrons. The van der Waals surface area contributed by atoms with E-state index in [1.807, 2.05) is 26.0 Å². The molecule has 18 heavy (non-hydrogen) atoms. The van der Waals surface area contributed by atoms with E-state index in [9.17, 15) is 9.90 Å². The van der Waals surface area contributed by atoms with E-state index in [2.05, 4.69) is 9.97 Å². The second-order valence-corrected chi connectivity index (χ2v) is 4.03. The molecule has 0 aliphatic carbocycles. The van der Waals surface area contributed by atoms with Crippen LogP contribution < -0.4 is 0 Å². The van der Waals surface area contributed by atoms with Crippen molar-refractivity contribution in [1.29, 1.82) is 0 Å². The minimum absolute atomic E-state index is 0.211. The maximum Gasteiger partial charge on any atom is 0.337 e. The van der Waals surface area contributed by atoms with Gasteiger partial charge < -0.3 is 5.11 Å². The van der Waals surface area contributed by atoms with Gasteiger partial charge in [0.2, 0.25) is 0 Å². The van der Waals surface area contributed by atoms with Gasteiger partial charge in [0, 0.05) is 34.9 Å². The van der Waals surface area contributed by atoms with Gasteiger partial charge >= 0.3 is 5.97 Å². The molecular formula is C14H14N2O2. The summed E-state index contributed by atoms with van der Waals surface area (Å²) in [7, 11) is 0. The van der Waals surface area contributed by atoms with E-state index < -0.39 is 5.97 Å². The van der Waals surface area contributed by atoms with Crippen LogP contribution in [0, 0.1) is 6.92 Å². The number of rotatable bonds is 3. The van der Waals surface area contributed by atoms with Crippen LogP contribution in [0.5, 0.6) is 0 Å². The minimum atomic E-state index is -0.969. The van der Waals surface area contributed by atoms with Gasteiger partial charge in [-0.25, -0.2) is 4.79 Å². The van der Waals surface area contributed by atoms with Crippen molar-refractivity contribution in [1.82, 2.24) is 9.97 Å². The molecule has 2 heterocycles. The molecule has 0 amide bonds. The summed E-state index contributed by atoms with van der Waals surface area (Å²) in [6.45, 7) is 3.84. The zero-order valence-corrected chi connectivity index (χ0v) is 10.3. The molecule has 0 saturated carbocycles. The Bertz CT molecular complexity index is 594. The van der Waals surface area contributed by atoms with Gasteiger partial charge in [-0.15, -0.1) is 0 Å². The molecule has 0 atom stereocenters. The fourth-order valence-corrected chi connectivity index (χ4v) is 1.92. The Morgan fingerprint density at radius 1 is 1.33 bits per heavy atom. The number of aryl methyl sites for hydroxylation is 2. The first-order valence-corrected chi connectivity index (χ1v) is 5.77. The highest BCUT2D eigenvalue weighted by Crippen LogP contribution is 2.26. The van der Waals surface area contributed by atoms with E-state index in [4.69, 9.17) is 0 Å². The monoisotopic (exact) mass is 242 g/mol. The normalized spacial score (nSPS) is 10.3. The van der Waals surface area contributed by atoms with Crippen LogP contribution in [-0.4, -0.2) is 21.0 Å². The summed E-state index contributed by atoms with van der Waals surface area (Å²) < 4.78 is 0. The highest BCUT2D eigenvalue weighted by atomic mass is 16.4. The molecular weight excluding hydrogens is 228 g/mol. The van der Waals surface area contributed by atoms with Gasteiger partial charge in [-0.05, 0) is 25.5 Å². The molecule has 0 fully saturated rings. The molecule has 1 N–H and O–H groups in total.